The van der Waals surface area contributed by atoms with Crippen LogP contribution in [0.25, 0.3) is 0 Å². The number of benzene rings is 1. The molecule has 0 radical (unpaired) electrons. The molecule has 0 nitrogen and oxygen atoms in total. The molecular formula is C16H26Si. The van der Waals surface area contributed by atoms with E-state index in [9.17, 15) is 0 Å². The van der Waals surface area contributed by atoms with Crippen molar-refractivity contribution in [3.05, 3.63) is 48.0 Å². The summed E-state index contributed by atoms with van der Waals surface area (Å²) in [6.07, 6.45) is 8.66. The van der Waals surface area contributed by atoms with E-state index in [0.717, 1.165) is 0 Å². The van der Waals surface area contributed by atoms with Crippen molar-refractivity contribution in [2.75, 3.05) is 0 Å². The predicted molar refractivity (Wildman–Crippen MR) is 81.2 cm³/mol. The van der Waals surface area contributed by atoms with E-state index < -0.39 is 8.07 Å². The average Bonchev–Trinajstić information content (AvgIpc) is 2.28. The molecule has 1 heteroatoms. The molecule has 0 aliphatic carbocycles. The molecule has 94 valence electrons. The van der Waals surface area contributed by atoms with Gasteiger partial charge in [0.15, 0.2) is 0 Å². The zero-order valence-electron chi connectivity index (χ0n) is 11.7. The molecule has 0 aliphatic heterocycles. The Balaban J connectivity index is 2.79. The summed E-state index contributed by atoms with van der Waals surface area (Å²) in [5, 5.41) is 0. The first-order chi connectivity index (χ1) is 8.05. The summed E-state index contributed by atoms with van der Waals surface area (Å²) in [6.45, 7) is 9.61. The molecule has 0 N–H and O–H groups in total. The summed E-state index contributed by atoms with van der Waals surface area (Å²) < 4.78 is 0. The molecule has 1 aromatic rings. The van der Waals surface area contributed by atoms with Crippen LogP contribution in [0.5, 0.6) is 0 Å². The van der Waals surface area contributed by atoms with Gasteiger partial charge in [-0.3, -0.25) is 0 Å². The SMILES string of the molecule is CCCC/C=C/C(c1ccccc1)[Si](C)(C)C. The molecule has 0 bridgehead atoms. The summed E-state index contributed by atoms with van der Waals surface area (Å²) in [5.41, 5.74) is 2.14. The second kappa shape index (κ2) is 6.80. The van der Waals surface area contributed by atoms with Crippen LogP contribution in [0, 0.1) is 0 Å². The smallest absolute Gasteiger partial charge is 0.0565 e. The minimum absolute atomic E-state index is 0.653. The maximum Gasteiger partial charge on any atom is 0.0565 e. The van der Waals surface area contributed by atoms with Crippen LogP contribution in [0.1, 0.15) is 37.3 Å². The van der Waals surface area contributed by atoms with E-state index in [-0.39, 0.29) is 0 Å². The highest BCUT2D eigenvalue weighted by atomic mass is 28.3. The molecule has 1 atom stereocenters. The number of rotatable bonds is 6. The highest BCUT2D eigenvalue weighted by Gasteiger charge is 2.25. The Morgan fingerprint density at radius 3 is 2.29 bits per heavy atom. The van der Waals surface area contributed by atoms with Gasteiger partial charge in [0.05, 0.1) is 8.07 Å². The van der Waals surface area contributed by atoms with Crippen LogP contribution in [0.2, 0.25) is 19.6 Å². The molecule has 1 aromatic carbocycles. The van der Waals surface area contributed by atoms with Gasteiger partial charge in [0, 0.05) is 0 Å². The molecule has 0 amide bonds. The van der Waals surface area contributed by atoms with Crippen molar-refractivity contribution in [3.63, 3.8) is 0 Å². The lowest BCUT2D eigenvalue weighted by Gasteiger charge is -2.26. The molecule has 0 saturated heterocycles. The molecule has 0 spiro atoms. The number of unbranched alkanes of at least 4 members (excludes halogenated alkanes) is 2. The fourth-order valence-corrected chi connectivity index (χ4v) is 4.02. The lowest BCUT2D eigenvalue weighted by atomic mass is 10.1. The minimum Gasteiger partial charge on any atom is -0.0882 e. The zero-order valence-corrected chi connectivity index (χ0v) is 12.7. The standard InChI is InChI=1S/C16H26Si/c1-5-6-7-11-14-16(17(2,3)4)15-12-9-8-10-13-15/h8-14,16H,5-7H2,1-4H3/b14-11+. The van der Waals surface area contributed by atoms with Gasteiger partial charge in [-0.25, -0.2) is 0 Å². The zero-order chi connectivity index (χ0) is 12.7. The van der Waals surface area contributed by atoms with E-state index in [1.54, 1.807) is 0 Å². The Bertz CT molecular complexity index is 332. The Hall–Kier alpha value is -0.823. The van der Waals surface area contributed by atoms with E-state index in [2.05, 4.69) is 69.0 Å². The quantitative estimate of drug-likeness (QED) is 0.358. The first-order valence-corrected chi connectivity index (χ1v) is 10.3. The summed E-state index contributed by atoms with van der Waals surface area (Å²) in [6, 6.07) is 11.0. The fourth-order valence-electron chi connectivity index (χ4n) is 2.11. The van der Waals surface area contributed by atoms with E-state index in [0.29, 0.717) is 5.54 Å². The van der Waals surface area contributed by atoms with Gasteiger partial charge in [0.2, 0.25) is 0 Å². The molecule has 17 heavy (non-hydrogen) atoms. The van der Waals surface area contributed by atoms with Crippen LogP contribution in [0.3, 0.4) is 0 Å². The maximum absolute atomic E-state index is 2.46. The van der Waals surface area contributed by atoms with Crippen molar-refractivity contribution in [1.29, 1.82) is 0 Å². The van der Waals surface area contributed by atoms with E-state index in [4.69, 9.17) is 0 Å². The van der Waals surface area contributed by atoms with Crippen molar-refractivity contribution < 1.29 is 0 Å². The van der Waals surface area contributed by atoms with E-state index in [1.165, 1.54) is 24.8 Å². The molecule has 0 saturated carbocycles. The van der Waals surface area contributed by atoms with Gasteiger partial charge in [-0.1, -0.05) is 81.9 Å². The van der Waals surface area contributed by atoms with Crippen molar-refractivity contribution in [1.82, 2.24) is 0 Å². The van der Waals surface area contributed by atoms with Gasteiger partial charge >= 0.3 is 0 Å². The van der Waals surface area contributed by atoms with Crippen LogP contribution in [0.4, 0.5) is 0 Å². The van der Waals surface area contributed by atoms with Gasteiger partial charge in [-0.15, -0.1) is 0 Å². The van der Waals surface area contributed by atoms with Gasteiger partial charge in [-0.2, -0.15) is 0 Å². The average molecular weight is 246 g/mol. The number of allylic oxidation sites excluding steroid dienone is 2. The highest BCUT2D eigenvalue weighted by molar-refractivity contribution is 6.78. The molecule has 0 aliphatic rings. The van der Waals surface area contributed by atoms with Crippen molar-refractivity contribution >= 4 is 8.07 Å². The van der Waals surface area contributed by atoms with Crippen LogP contribution < -0.4 is 0 Å². The Labute approximate surface area is 108 Å². The number of hydrogen-bond donors (Lipinski definition) is 0. The normalized spacial score (nSPS) is 14.1. The summed E-state index contributed by atoms with van der Waals surface area (Å²) in [4.78, 5) is 0. The first-order valence-electron chi connectivity index (χ1n) is 6.77. The summed E-state index contributed by atoms with van der Waals surface area (Å²) in [5.74, 6) is 0. The van der Waals surface area contributed by atoms with E-state index in [1.807, 2.05) is 0 Å². The van der Waals surface area contributed by atoms with Crippen LogP contribution in [-0.4, -0.2) is 8.07 Å². The second-order valence-electron chi connectivity index (χ2n) is 5.82. The molecule has 1 unspecified atom stereocenters. The maximum atomic E-state index is 2.46. The lowest BCUT2D eigenvalue weighted by Crippen LogP contribution is -2.29. The first kappa shape index (κ1) is 14.2. The van der Waals surface area contributed by atoms with Gasteiger partial charge < -0.3 is 0 Å². The Morgan fingerprint density at radius 2 is 1.76 bits per heavy atom. The van der Waals surface area contributed by atoms with Gasteiger partial charge in [0.25, 0.3) is 0 Å². The fraction of sp³-hybridized carbons (Fsp3) is 0.500. The minimum atomic E-state index is -1.17. The lowest BCUT2D eigenvalue weighted by molar-refractivity contribution is 0.812. The third kappa shape index (κ3) is 4.91. The number of hydrogen-bond acceptors (Lipinski definition) is 0. The molecule has 1 rings (SSSR count). The van der Waals surface area contributed by atoms with Crippen molar-refractivity contribution in [3.8, 4) is 0 Å². The van der Waals surface area contributed by atoms with Crippen LogP contribution in [-0.2, 0) is 0 Å². The molecule has 0 heterocycles. The third-order valence-electron chi connectivity index (χ3n) is 3.14. The second-order valence-corrected chi connectivity index (χ2v) is 11.2. The van der Waals surface area contributed by atoms with Gasteiger partial charge in [0.1, 0.15) is 0 Å². The molecule has 0 fully saturated rings. The van der Waals surface area contributed by atoms with E-state index >= 15 is 0 Å². The van der Waals surface area contributed by atoms with Gasteiger partial charge in [-0.05, 0) is 17.5 Å². The summed E-state index contributed by atoms with van der Waals surface area (Å²) >= 11 is 0. The van der Waals surface area contributed by atoms with Crippen molar-refractivity contribution in [2.45, 2.75) is 51.4 Å². The largest absolute Gasteiger partial charge is 0.0882 e. The molecule has 0 aromatic heterocycles. The topological polar surface area (TPSA) is 0 Å². The Kier molecular flexibility index (Phi) is 5.70. The van der Waals surface area contributed by atoms with Crippen LogP contribution in [0.15, 0.2) is 42.5 Å². The molecular weight excluding hydrogens is 220 g/mol. The highest BCUT2D eigenvalue weighted by Crippen LogP contribution is 2.28. The van der Waals surface area contributed by atoms with Crippen molar-refractivity contribution in [2.24, 2.45) is 0 Å². The predicted octanol–water partition coefficient (Wildman–Crippen LogP) is 5.39. The summed E-state index contributed by atoms with van der Waals surface area (Å²) in [7, 11) is -1.17. The monoisotopic (exact) mass is 246 g/mol. The Morgan fingerprint density at radius 1 is 1.12 bits per heavy atom. The van der Waals surface area contributed by atoms with Crippen LogP contribution >= 0.6 is 0 Å². The third-order valence-corrected chi connectivity index (χ3v) is 5.54.